The van der Waals surface area contributed by atoms with E-state index >= 15 is 0 Å². The Morgan fingerprint density at radius 2 is 1.76 bits per heavy atom. The van der Waals surface area contributed by atoms with Crippen molar-refractivity contribution in [2.24, 2.45) is 5.92 Å². The first kappa shape index (κ1) is 26.4. The highest BCUT2D eigenvalue weighted by Crippen LogP contribution is 2.30. The Kier molecular flexibility index (Phi) is 8.25. The second-order valence-corrected chi connectivity index (χ2v) is 9.44. The molecule has 0 spiro atoms. The number of aromatic nitrogens is 3. The smallest absolute Gasteiger partial charge is 0.354 e. The molecule has 0 saturated carbocycles. The first-order valence-electron chi connectivity index (χ1n) is 12.4. The largest absolute Gasteiger partial charge is 0.491 e. The molecule has 4 rings (SSSR count). The Morgan fingerprint density at radius 1 is 1.05 bits per heavy atom. The monoisotopic (exact) mass is 506 g/mol. The molecule has 1 fully saturated rings. The van der Waals surface area contributed by atoms with Crippen molar-refractivity contribution in [1.82, 2.24) is 14.1 Å². The van der Waals surface area contributed by atoms with Crippen molar-refractivity contribution in [1.29, 1.82) is 0 Å². The lowest BCUT2D eigenvalue weighted by Gasteiger charge is -2.17. The third-order valence-electron chi connectivity index (χ3n) is 6.06. The van der Waals surface area contributed by atoms with Crippen LogP contribution < -0.4 is 21.4 Å². The maximum absolute atomic E-state index is 13.6. The number of epoxide rings is 1. The van der Waals surface area contributed by atoms with Gasteiger partial charge in [-0.15, -0.1) is 0 Å². The molecule has 0 aliphatic carbocycles. The highest BCUT2D eigenvalue weighted by atomic mass is 16.8. The van der Waals surface area contributed by atoms with Crippen LogP contribution in [0, 0.1) is 5.92 Å². The predicted molar refractivity (Wildman–Crippen MR) is 143 cm³/mol. The molecule has 2 unspecified atom stereocenters. The molecular weight excluding hydrogens is 472 g/mol. The Labute approximate surface area is 216 Å². The van der Waals surface area contributed by atoms with Crippen LogP contribution in [0.1, 0.15) is 38.8 Å². The number of rotatable bonds is 11. The van der Waals surface area contributed by atoms with Crippen LogP contribution in [0.5, 0.6) is 5.75 Å². The molecule has 37 heavy (non-hydrogen) atoms. The zero-order valence-corrected chi connectivity index (χ0v) is 21.9. The highest BCUT2D eigenvalue weighted by Gasteiger charge is 2.43. The summed E-state index contributed by atoms with van der Waals surface area (Å²) in [6.07, 6.45) is 3.57. The minimum absolute atomic E-state index is 0.0556. The van der Waals surface area contributed by atoms with Gasteiger partial charge in [-0.2, -0.15) is 4.98 Å². The minimum Gasteiger partial charge on any atom is -0.491 e. The van der Waals surface area contributed by atoms with Crippen LogP contribution in [0.15, 0.2) is 64.2 Å². The van der Waals surface area contributed by atoms with Gasteiger partial charge in [-0.3, -0.25) is 4.57 Å². The van der Waals surface area contributed by atoms with E-state index < -0.39 is 11.4 Å². The normalized spacial score (nSPS) is 17.8. The van der Waals surface area contributed by atoms with Gasteiger partial charge >= 0.3 is 11.4 Å². The number of nitrogens with zero attached hydrogens (tertiary/aromatic N) is 3. The molecule has 1 N–H and O–H groups in total. The van der Waals surface area contributed by atoms with Gasteiger partial charge in [-0.1, -0.05) is 43.3 Å². The topological polar surface area (TPSA) is 99.9 Å². The van der Waals surface area contributed by atoms with Gasteiger partial charge in [0.1, 0.15) is 11.9 Å². The predicted octanol–water partition coefficient (Wildman–Crippen LogP) is 4.02. The molecule has 3 atom stereocenters. The van der Waals surface area contributed by atoms with Crippen molar-refractivity contribution in [3.8, 4) is 5.75 Å². The van der Waals surface area contributed by atoms with Gasteiger partial charge in [-0.05, 0) is 56.2 Å². The third kappa shape index (κ3) is 6.55. The van der Waals surface area contributed by atoms with E-state index in [2.05, 4.69) is 10.3 Å². The summed E-state index contributed by atoms with van der Waals surface area (Å²) in [5.74, 6) is 0.803. The molecule has 2 heterocycles. The number of benzene rings is 2. The summed E-state index contributed by atoms with van der Waals surface area (Å²) in [6.45, 7) is 8.23. The molecule has 1 aliphatic rings. The summed E-state index contributed by atoms with van der Waals surface area (Å²) in [4.78, 5) is 30.9. The molecule has 1 aliphatic heterocycles. The summed E-state index contributed by atoms with van der Waals surface area (Å²) in [7, 11) is 1.57. The third-order valence-corrected chi connectivity index (χ3v) is 6.06. The van der Waals surface area contributed by atoms with Gasteiger partial charge in [-0.25, -0.2) is 14.2 Å². The summed E-state index contributed by atoms with van der Waals surface area (Å²) in [5.41, 5.74) is 1.59. The number of methoxy groups -OCH3 is 1. The Morgan fingerprint density at radius 3 is 2.35 bits per heavy atom. The first-order chi connectivity index (χ1) is 17.8. The van der Waals surface area contributed by atoms with Crippen LogP contribution in [0.4, 0.5) is 11.6 Å². The van der Waals surface area contributed by atoms with Crippen LogP contribution in [-0.4, -0.2) is 39.7 Å². The van der Waals surface area contributed by atoms with Gasteiger partial charge in [0, 0.05) is 25.3 Å². The van der Waals surface area contributed by atoms with E-state index in [0.29, 0.717) is 5.69 Å². The molecule has 1 aromatic heterocycles. The highest BCUT2D eigenvalue weighted by molar-refractivity contribution is 5.55. The van der Waals surface area contributed by atoms with E-state index in [1.54, 1.807) is 7.11 Å². The fourth-order valence-corrected chi connectivity index (χ4v) is 4.14. The molecule has 3 aromatic rings. The summed E-state index contributed by atoms with van der Waals surface area (Å²) >= 11 is 0. The molecule has 0 bridgehead atoms. The van der Waals surface area contributed by atoms with Crippen LogP contribution in [0.25, 0.3) is 6.08 Å². The second kappa shape index (κ2) is 11.6. The number of anilines is 2. The second-order valence-electron chi connectivity index (χ2n) is 9.44. The van der Waals surface area contributed by atoms with Gasteiger partial charge in [0.15, 0.2) is 6.29 Å². The number of hydrogen-bond acceptors (Lipinski definition) is 7. The lowest BCUT2D eigenvalue weighted by molar-refractivity contribution is 0.0950. The summed E-state index contributed by atoms with van der Waals surface area (Å²) < 4.78 is 19.0. The average molecular weight is 507 g/mol. The number of ether oxygens (including phenoxy) is 3. The van der Waals surface area contributed by atoms with Crippen LogP contribution in [0.2, 0.25) is 0 Å². The number of hydrogen-bond donors (Lipinski definition) is 1. The Hall–Kier alpha value is -3.69. The SMILES string of the molecule is C/C=C\c1ccc(Cn2c(Nc3ccc(OC(C)C)cc3)nc(=O)n(C[C@H](C)C3OC3OC)c2=O)cc1. The van der Waals surface area contributed by atoms with Gasteiger partial charge in [0.25, 0.3) is 0 Å². The Balaban J connectivity index is 1.67. The van der Waals surface area contributed by atoms with E-state index in [4.69, 9.17) is 14.2 Å². The molecule has 0 amide bonds. The zero-order chi connectivity index (χ0) is 26.5. The molecular formula is C28H34N4O5. The van der Waals surface area contributed by atoms with Gasteiger partial charge in [0.2, 0.25) is 5.95 Å². The fourth-order valence-electron chi connectivity index (χ4n) is 4.14. The van der Waals surface area contributed by atoms with Crippen LogP contribution in [0.3, 0.4) is 0 Å². The fraction of sp³-hybridized carbons (Fsp3) is 0.393. The van der Waals surface area contributed by atoms with E-state index in [1.165, 1.54) is 4.57 Å². The zero-order valence-electron chi connectivity index (χ0n) is 21.9. The lowest BCUT2D eigenvalue weighted by Crippen LogP contribution is -2.44. The summed E-state index contributed by atoms with van der Waals surface area (Å²) in [5, 5.41) is 3.15. The molecule has 2 aromatic carbocycles. The minimum atomic E-state index is -0.617. The van der Waals surface area contributed by atoms with Crippen LogP contribution >= 0.6 is 0 Å². The molecule has 0 radical (unpaired) electrons. The maximum Gasteiger partial charge on any atom is 0.354 e. The number of allylic oxidation sites excluding steroid dienone is 1. The van der Waals surface area contributed by atoms with E-state index in [1.807, 2.05) is 88.4 Å². The van der Waals surface area contributed by atoms with Gasteiger partial charge < -0.3 is 19.5 Å². The van der Waals surface area contributed by atoms with E-state index in [9.17, 15) is 9.59 Å². The molecule has 9 heteroatoms. The van der Waals surface area contributed by atoms with E-state index in [0.717, 1.165) is 21.4 Å². The van der Waals surface area contributed by atoms with Crippen molar-refractivity contribution in [2.45, 2.75) is 59.3 Å². The standard InChI is InChI=1S/C28H34N4O5/c1-6-7-20-8-10-21(11-9-20)17-31-26(29-22-12-14-23(15-13-22)36-18(2)3)30-27(33)32(28(31)34)16-19(4)24-25(35-5)37-24/h6-15,18-19,24-25H,16-17H2,1-5H3,(H,29,30,33)/b7-6-/t19-,24?,25?/m0/s1. The van der Waals surface area contributed by atoms with Crippen molar-refractivity contribution in [3.05, 3.63) is 86.7 Å². The average Bonchev–Trinajstić information content (AvgIpc) is 3.66. The quantitative estimate of drug-likeness (QED) is 0.392. The van der Waals surface area contributed by atoms with Crippen molar-refractivity contribution in [3.63, 3.8) is 0 Å². The molecule has 196 valence electrons. The lowest BCUT2D eigenvalue weighted by atomic mass is 10.1. The van der Waals surface area contributed by atoms with Gasteiger partial charge in [0.05, 0.1) is 12.6 Å². The van der Waals surface area contributed by atoms with Crippen molar-refractivity contribution < 1.29 is 14.2 Å². The summed E-state index contributed by atoms with van der Waals surface area (Å²) in [6, 6.07) is 15.2. The maximum atomic E-state index is 13.6. The first-order valence-corrected chi connectivity index (χ1v) is 12.4. The van der Waals surface area contributed by atoms with E-state index in [-0.39, 0.29) is 43.5 Å². The number of nitrogens with one attached hydrogen (secondary N) is 1. The van der Waals surface area contributed by atoms with Crippen molar-refractivity contribution in [2.75, 3.05) is 12.4 Å². The molecule has 9 nitrogen and oxygen atoms in total. The Bertz CT molecular complexity index is 1340. The van der Waals surface area contributed by atoms with Crippen molar-refractivity contribution >= 4 is 17.7 Å². The molecule has 1 saturated heterocycles. The van der Waals surface area contributed by atoms with Crippen LogP contribution in [-0.2, 0) is 22.6 Å².